The van der Waals surface area contributed by atoms with E-state index in [9.17, 15) is 5.11 Å². The molecule has 2 atom stereocenters. The largest absolute Gasteiger partial charge is 0.394 e. The summed E-state index contributed by atoms with van der Waals surface area (Å²) in [7, 11) is 0. The van der Waals surface area contributed by atoms with Crippen LogP contribution >= 0.6 is 27.5 Å². The van der Waals surface area contributed by atoms with Gasteiger partial charge in [0.05, 0.1) is 17.2 Å². The molecule has 2 rings (SSSR count). The third kappa shape index (κ3) is 4.61. The summed E-state index contributed by atoms with van der Waals surface area (Å²) in [6.07, 6.45) is 8.32. The van der Waals surface area contributed by atoms with Gasteiger partial charge in [-0.05, 0) is 59.3 Å². The summed E-state index contributed by atoms with van der Waals surface area (Å²) in [6.45, 7) is 2.44. The third-order valence-electron chi connectivity index (χ3n) is 4.63. The Hall–Kier alpha value is -0.250. The van der Waals surface area contributed by atoms with Crippen molar-refractivity contribution in [1.82, 2.24) is 0 Å². The molecule has 0 amide bonds. The number of rotatable bonds is 5. The monoisotopic (exact) mass is 373 g/mol. The Morgan fingerprint density at radius 3 is 2.86 bits per heavy atom. The Bertz CT molecular complexity index is 468. The zero-order chi connectivity index (χ0) is 15.3. The van der Waals surface area contributed by atoms with Gasteiger partial charge in [-0.2, -0.15) is 0 Å². The Morgan fingerprint density at radius 2 is 2.19 bits per heavy atom. The molecule has 1 aliphatic carbocycles. The van der Waals surface area contributed by atoms with Gasteiger partial charge in [0.25, 0.3) is 0 Å². The molecule has 1 fully saturated rings. The molecule has 0 bridgehead atoms. The van der Waals surface area contributed by atoms with Crippen molar-refractivity contribution in [3.05, 3.63) is 27.7 Å². The third-order valence-corrected chi connectivity index (χ3v) is 5.84. The summed E-state index contributed by atoms with van der Waals surface area (Å²) in [6, 6.07) is 5.86. The van der Waals surface area contributed by atoms with E-state index in [0.29, 0.717) is 5.02 Å². The first-order valence-corrected chi connectivity index (χ1v) is 9.10. The standard InChI is InChI=1S/C17H25BrClNO/c1-2-4-13-5-3-9-17(12-21,10-8-13)20-14-6-7-16(19)15(18)11-14/h6-7,11,13,20-21H,2-5,8-10,12H2,1H3. The molecule has 118 valence electrons. The molecule has 1 saturated carbocycles. The summed E-state index contributed by atoms with van der Waals surface area (Å²) in [5.74, 6) is 0.821. The van der Waals surface area contributed by atoms with Gasteiger partial charge in [0.1, 0.15) is 0 Å². The summed E-state index contributed by atoms with van der Waals surface area (Å²) < 4.78 is 0.889. The Morgan fingerprint density at radius 1 is 1.38 bits per heavy atom. The SMILES string of the molecule is CCCC1CCCC(CO)(Nc2ccc(Cl)c(Br)c2)CC1. The number of aliphatic hydroxyl groups is 1. The van der Waals surface area contributed by atoms with E-state index in [1.807, 2.05) is 18.2 Å². The van der Waals surface area contributed by atoms with E-state index in [1.165, 1.54) is 32.1 Å². The van der Waals surface area contributed by atoms with Crippen molar-refractivity contribution in [3.63, 3.8) is 0 Å². The number of halogens is 2. The van der Waals surface area contributed by atoms with Gasteiger partial charge in [-0.3, -0.25) is 0 Å². The van der Waals surface area contributed by atoms with Crippen molar-refractivity contribution >= 4 is 33.2 Å². The lowest BCUT2D eigenvalue weighted by Gasteiger charge is -2.33. The van der Waals surface area contributed by atoms with Crippen molar-refractivity contribution in [1.29, 1.82) is 0 Å². The van der Waals surface area contributed by atoms with Crippen LogP contribution in [-0.2, 0) is 0 Å². The second-order valence-electron chi connectivity index (χ2n) is 6.28. The molecule has 1 aromatic rings. The smallest absolute Gasteiger partial charge is 0.0661 e. The first-order valence-electron chi connectivity index (χ1n) is 7.92. The van der Waals surface area contributed by atoms with Crippen molar-refractivity contribution in [3.8, 4) is 0 Å². The number of aliphatic hydroxyl groups excluding tert-OH is 1. The molecule has 2 unspecified atom stereocenters. The van der Waals surface area contributed by atoms with Crippen molar-refractivity contribution < 1.29 is 5.11 Å². The van der Waals surface area contributed by atoms with Gasteiger partial charge in [0, 0.05) is 10.2 Å². The molecule has 2 N–H and O–H groups in total. The molecule has 4 heteroatoms. The van der Waals surface area contributed by atoms with Crippen LogP contribution in [0.2, 0.25) is 5.02 Å². The molecule has 1 aromatic carbocycles. The van der Waals surface area contributed by atoms with Crippen LogP contribution in [0.25, 0.3) is 0 Å². The average molecular weight is 375 g/mol. The summed E-state index contributed by atoms with van der Waals surface area (Å²) in [5.41, 5.74) is 0.838. The Labute approximate surface area is 141 Å². The van der Waals surface area contributed by atoms with Crippen LogP contribution < -0.4 is 5.32 Å². The fourth-order valence-electron chi connectivity index (χ4n) is 3.38. The number of anilines is 1. The average Bonchev–Trinajstić information content (AvgIpc) is 2.67. The number of benzene rings is 1. The van der Waals surface area contributed by atoms with Gasteiger partial charge in [0.2, 0.25) is 0 Å². The van der Waals surface area contributed by atoms with Gasteiger partial charge in [-0.15, -0.1) is 0 Å². The second kappa shape index (κ2) is 7.85. The second-order valence-corrected chi connectivity index (χ2v) is 7.54. The fraction of sp³-hybridized carbons (Fsp3) is 0.647. The first-order chi connectivity index (χ1) is 10.1. The highest BCUT2D eigenvalue weighted by atomic mass is 79.9. The van der Waals surface area contributed by atoms with Crippen LogP contribution in [0.4, 0.5) is 5.69 Å². The first kappa shape index (κ1) is 17.1. The van der Waals surface area contributed by atoms with Gasteiger partial charge in [0.15, 0.2) is 0 Å². The van der Waals surface area contributed by atoms with E-state index in [-0.39, 0.29) is 12.1 Å². The predicted molar refractivity (Wildman–Crippen MR) is 94.1 cm³/mol. The van der Waals surface area contributed by atoms with Crippen molar-refractivity contribution in [2.75, 3.05) is 11.9 Å². The maximum Gasteiger partial charge on any atom is 0.0661 e. The molecule has 1 aliphatic rings. The normalized spacial score (nSPS) is 26.4. The van der Waals surface area contributed by atoms with Gasteiger partial charge < -0.3 is 10.4 Å². The molecule has 0 aromatic heterocycles. The highest BCUT2D eigenvalue weighted by Crippen LogP contribution is 2.36. The van der Waals surface area contributed by atoms with E-state index in [2.05, 4.69) is 28.2 Å². The van der Waals surface area contributed by atoms with E-state index in [0.717, 1.165) is 28.9 Å². The minimum Gasteiger partial charge on any atom is -0.394 e. The highest BCUT2D eigenvalue weighted by Gasteiger charge is 2.32. The van der Waals surface area contributed by atoms with E-state index in [4.69, 9.17) is 11.6 Å². The highest BCUT2D eigenvalue weighted by molar-refractivity contribution is 9.10. The topological polar surface area (TPSA) is 32.3 Å². The Balaban J connectivity index is 2.08. The molecule has 0 aliphatic heterocycles. The van der Waals surface area contributed by atoms with Gasteiger partial charge in [-0.25, -0.2) is 0 Å². The zero-order valence-electron chi connectivity index (χ0n) is 12.7. The summed E-state index contributed by atoms with van der Waals surface area (Å²) in [5, 5.41) is 14.3. The lowest BCUT2D eigenvalue weighted by molar-refractivity contribution is 0.194. The predicted octanol–water partition coefficient (Wildman–Crippen LogP) is 5.63. The van der Waals surface area contributed by atoms with Gasteiger partial charge >= 0.3 is 0 Å². The van der Waals surface area contributed by atoms with Crippen LogP contribution in [0.3, 0.4) is 0 Å². The van der Waals surface area contributed by atoms with Crippen LogP contribution in [0, 0.1) is 5.92 Å². The lowest BCUT2D eigenvalue weighted by atomic mass is 9.89. The van der Waals surface area contributed by atoms with E-state index < -0.39 is 0 Å². The molecular formula is C17H25BrClNO. The van der Waals surface area contributed by atoms with E-state index >= 15 is 0 Å². The maximum absolute atomic E-state index is 9.97. The number of nitrogens with one attached hydrogen (secondary N) is 1. The lowest BCUT2D eigenvalue weighted by Crippen LogP contribution is -2.41. The number of hydrogen-bond donors (Lipinski definition) is 2. The summed E-state index contributed by atoms with van der Waals surface area (Å²) >= 11 is 9.51. The van der Waals surface area contributed by atoms with E-state index in [1.54, 1.807) is 0 Å². The molecule has 0 spiro atoms. The van der Waals surface area contributed by atoms with Crippen LogP contribution in [0.5, 0.6) is 0 Å². The molecule has 21 heavy (non-hydrogen) atoms. The zero-order valence-corrected chi connectivity index (χ0v) is 15.0. The number of hydrogen-bond acceptors (Lipinski definition) is 2. The fourth-order valence-corrected chi connectivity index (χ4v) is 3.87. The summed E-state index contributed by atoms with van der Waals surface area (Å²) in [4.78, 5) is 0. The minimum atomic E-state index is -0.185. The maximum atomic E-state index is 9.97. The minimum absolute atomic E-state index is 0.185. The molecule has 0 radical (unpaired) electrons. The molecule has 0 heterocycles. The Kier molecular flexibility index (Phi) is 6.39. The van der Waals surface area contributed by atoms with Crippen molar-refractivity contribution in [2.45, 2.75) is 57.4 Å². The van der Waals surface area contributed by atoms with Crippen LogP contribution in [0.15, 0.2) is 22.7 Å². The van der Waals surface area contributed by atoms with Crippen LogP contribution in [-0.4, -0.2) is 17.3 Å². The quantitative estimate of drug-likeness (QED) is 0.655. The molecule has 0 saturated heterocycles. The molecular weight excluding hydrogens is 350 g/mol. The molecule has 2 nitrogen and oxygen atoms in total. The van der Waals surface area contributed by atoms with Crippen molar-refractivity contribution in [2.24, 2.45) is 5.92 Å². The van der Waals surface area contributed by atoms with Crippen LogP contribution in [0.1, 0.15) is 51.9 Å². The van der Waals surface area contributed by atoms with Gasteiger partial charge in [-0.1, -0.05) is 44.2 Å².